The van der Waals surface area contributed by atoms with Crippen LogP contribution in [0.5, 0.6) is 0 Å². The quantitative estimate of drug-likeness (QED) is 0.734. The van der Waals surface area contributed by atoms with Gasteiger partial charge < -0.3 is 4.57 Å². The molecule has 4 heteroatoms. The highest BCUT2D eigenvalue weighted by molar-refractivity contribution is 6.35. The van der Waals surface area contributed by atoms with Crippen LogP contribution in [0, 0.1) is 0 Å². The van der Waals surface area contributed by atoms with Gasteiger partial charge in [0.15, 0.2) is 5.78 Å². The Labute approximate surface area is 128 Å². The van der Waals surface area contributed by atoms with E-state index in [1.54, 1.807) is 0 Å². The summed E-state index contributed by atoms with van der Waals surface area (Å²) in [5.41, 5.74) is 2.91. The number of carbonyl (C=O) groups excluding carboxylic acids is 1. The van der Waals surface area contributed by atoms with Crippen LogP contribution in [0.3, 0.4) is 0 Å². The molecule has 2 aromatic rings. The molecular formula is C16H15Cl2NO. The lowest BCUT2D eigenvalue weighted by molar-refractivity contribution is 0.0982. The maximum Gasteiger partial charge on any atom is 0.164 e. The number of hydrogen-bond acceptors (Lipinski definition) is 1. The minimum atomic E-state index is 0.251. The molecule has 0 aliphatic heterocycles. The summed E-state index contributed by atoms with van der Waals surface area (Å²) < 4.78 is 2.01. The number of halogens is 2. The van der Waals surface area contributed by atoms with Crippen molar-refractivity contribution >= 4 is 29.0 Å². The Kier molecular flexibility index (Phi) is 3.86. The van der Waals surface area contributed by atoms with Gasteiger partial charge >= 0.3 is 0 Å². The van der Waals surface area contributed by atoms with Gasteiger partial charge in [0, 0.05) is 46.5 Å². The van der Waals surface area contributed by atoms with Gasteiger partial charge in [0.1, 0.15) is 0 Å². The Morgan fingerprint density at radius 1 is 1.05 bits per heavy atom. The molecule has 1 heterocycles. The summed E-state index contributed by atoms with van der Waals surface area (Å²) in [7, 11) is 0. The van der Waals surface area contributed by atoms with Crippen molar-refractivity contribution in [2.45, 2.75) is 32.2 Å². The third-order valence-electron chi connectivity index (χ3n) is 3.77. The Hall–Kier alpha value is -1.25. The summed E-state index contributed by atoms with van der Waals surface area (Å²) in [5.74, 6) is 0.251. The maximum absolute atomic E-state index is 12.0. The Balaban J connectivity index is 1.93. The highest BCUT2D eigenvalue weighted by Gasteiger charge is 2.18. The fourth-order valence-electron chi connectivity index (χ4n) is 2.70. The number of carbonyl (C=O) groups is 1. The number of ketones is 1. The number of nitrogens with zero attached hydrogens (tertiary/aromatic N) is 1. The molecule has 2 nitrogen and oxygen atoms in total. The molecule has 3 rings (SSSR count). The van der Waals surface area contributed by atoms with E-state index < -0.39 is 0 Å². The average molecular weight is 308 g/mol. The lowest BCUT2D eigenvalue weighted by atomic mass is 10.1. The van der Waals surface area contributed by atoms with E-state index in [4.69, 9.17) is 23.2 Å². The molecule has 1 aliphatic carbocycles. The third kappa shape index (κ3) is 2.63. The van der Waals surface area contributed by atoms with Gasteiger partial charge in [-0.2, -0.15) is 0 Å². The van der Waals surface area contributed by atoms with E-state index in [0.29, 0.717) is 23.0 Å². The number of fused-ring (bicyclic) bond motifs is 1. The van der Waals surface area contributed by atoms with Crippen molar-refractivity contribution < 1.29 is 4.79 Å². The van der Waals surface area contributed by atoms with Gasteiger partial charge in [0.2, 0.25) is 0 Å². The van der Waals surface area contributed by atoms with E-state index in [1.165, 1.54) is 0 Å². The number of rotatable bonds is 2. The Morgan fingerprint density at radius 2 is 1.75 bits per heavy atom. The van der Waals surface area contributed by atoms with Crippen molar-refractivity contribution in [3.05, 3.63) is 57.3 Å². The van der Waals surface area contributed by atoms with Crippen molar-refractivity contribution in [3.8, 4) is 0 Å². The molecule has 1 aromatic heterocycles. The number of hydrogen-bond donors (Lipinski definition) is 0. The largest absolute Gasteiger partial charge is 0.349 e. The Bertz CT molecular complexity index is 640. The number of aryl methyl sites for hydroxylation is 1. The lowest BCUT2D eigenvalue weighted by Gasteiger charge is -2.08. The van der Waals surface area contributed by atoms with Crippen LogP contribution >= 0.6 is 23.2 Å². The van der Waals surface area contributed by atoms with Crippen LogP contribution in [-0.2, 0) is 13.0 Å². The second-order valence-corrected chi connectivity index (χ2v) is 6.01. The molecule has 0 saturated carbocycles. The molecule has 0 N–H and O–H groups in total. The molecule has 0 saturated heterocycles. The first-order chi connectivity index (χ1) is 9.65. The van der Waals surface area contributed by atoms with Crippen molar-refractivity contribution in [2.75, 3.05) is 0 Å². The zero-order chi connectivity index (χ0) is 14.1. The molecular weight excluding hydrogens is 293 g/mol. The fraction of sp³-hybridized carbons (Fsp3) is 0.312. The summed E-state index contributed by atoms with van der Waals surface area (Å²) in [6.07, 6.45) is 7.69. The first-order valence-electron chi connectivity index (χ1n) is 6.80. The molecule has 0 radical (unpaired) electrons. The molecule has 1 aromatic carbocycles. The van der Waals surface area contributed by atoms with Crippen LogP contribution < -0.4 is 0 Å². The zero-order valence-corrected chi connectivity index (χ0v) is 12.5. The van der Waals surface area contributed by atoms with E-state index in [9.17, 15) is 4.79 Å². The van der Waals surface area contributed by atoms with E-state index in [2.05, 4.69) is 6.20 Å². The fourth-order valence-corrected chi connectivity index (χ4v) is 3.22. The van der Waals surface area contributed by atoms with E-state index >= 15 is 0 Å². The minimum Gasteiger partial charge on any atom is -0.349 e. The Morgan fingerprint density at radius 3 is 2.50 bits per heavy atom. The first kappa shape index (κ1) is 13.7. The highest BCUT2D eigenvalue weighted by Crippen LogP contribution is 2.27. The summed E-state index contributed by atoms with van der Waals surface area (Å²) in [6, 6.07) is 5.51. The molecule has 0 spiro atoms. The monoisotopic (exact) mass is 307 g/mol. The van der Waals surface area contributed by atoms with Gasteiger partial charge in [-0.3, -0.25) is 4.79 Å². The smallest absolute Gasteiger partial charge is 0.164 e. The van der Waals surface area contributed by atoms with Gasteiger partial charge in [-0.1, -0.05) is 29.3 Å². The molecule has 0 unspecified atom stereocenters. The third-order valence-corrected chi connectivity index (χ3v) is 4.47. The zero-order valence-electron chi connectivity index (χ0n) is 11.0. The summed E-state index contributed by atoms with van der Waals surface area (Å²) in [6.45, 7) is 0.596. The normalized spacial score (nSPS) is 15.0. The van der Waals surface area contributed by atoms with Gasteiger partial charge in [-0.25, -0.2) is 0 Å². The van der Waals surface area contributed by atoms with Gasteiger partial charge in [-0.05, 0) is 37.0 Å². The van der Waals surface area contributed by atoms with Gasteiger partial charge in [0.25, 0.3) is 0 Å². The van der Waals surface area contributed by atoms with Crippen LogP contribution in [0.25, 0.3) is 0 Å². The van der Waals surface area contributed by atoms with Crippen LogP contribution in [0.1, 0.15) is 40.7 Å². The van der Waals surface area contributed by atoms with Crippen molar-refractivity contribution in [3.63, 3.8) is 0 Å². The summed E-state index contributed by atoms with van der Waals surface area (Å²) >= 11 is 12.4. The predicted molar refractivity (Wildman–Crippen MR) is 81.9 cm³/mol. The van der Waals surface area contributed by atoms with Crippen molar-refractivity contribution in [1.29, 1.82) is 0 Å². The van der Waals surface area contributed by atoms with Crippen LogP contribution in [-0.4, -0.2) is 10.4 Å². The van der Waals surface area contributed by atoms with Crippen LogP contribution in [0.15, 0.2) is 30.6 Å². The average Bonchev–Trinajstić information content (AvgIpc) is 2.74. The topological polar surface area (TPSA) is 22.0 Å². The minimum absolute atomic E-state index is 0.251. The predicted octanol–water partition coefficient (Wildman–Crippen LogP) is 4.75. The molecule has 0 amide bonds. The van der Waals surface area contributed by atoms with Crippen molar-refractivity contribution in [1.82, 2.24) is 4.57 Å². The van der Waals surface area contributed by atoms with Crippen molar-refractivity contribution in [2.24, 2.45) is 0 Å². The SMILES string of the molecule is O=C1CCCCc2cn(Cc3c(Cl)cccc3Cl)cc21. The second-order valence-electron chi connectivity index (χ2n) is 5.20. The highest BCUT2D eigenvalue weighted by atomic mass is 35.5. The number of aromatic nitrogens is 1. The van der Waals surface area contributed by atoms with E-state index in [1.807, 2.05) is 29.0 Å². The molecule has 20 heavy (non-hydrogen) atoms. The molecule has 1 aliphatic rings. The summed E-state index contributed by atoms with van der Waals surface area (Å²) in [4.78, 5) is 12.0. The molecule has 0 atom stereocenters. The number of benzene rings is 1. The van der Waals surface area contributed by atoms with Crippen LogP contribution in [0.4, 0.5) is 0 Å². The van der Waals surface area contributed by atoms with E-state index in [-0.39, 0.29) is 5.78 Å². The number of Topliss-reactive ketones (excluding diaryl/α,β-unsaturated/α-hetero) is 1. The van der Waals surface area contributed by atoms with E-state index in [0.717, 1.165) is 36.0 Å². The standard InChI is InChI=1S/C16H15Cl2NO/c17-14-5-3-6-15(18)13(14)10-19-8-11-4-1-2-7-16(20)12(11)9-19/h3,5-6,8-9H,1-2,4,7,10H2. The van der Waals surface area contributed by atoms with Gasteiger partial charge in [-0.15, -0.1) is 0 Å². The van der Waals surface area contributed by atoms with Crippen LogP contribution in [0.2, 0.25) is 10.0 Å². The molecule has 104 valence electrons. The molecule has 0 fully saturated rings. The lowest BCUT2D eigenvalue weighted by Crippen LogP contribution is -2.00. The first-order valence-corrected chi connectivity index (χ1v) is 7.55. The maximum atomic E-state index is 12.0. The molecule has 0 bridgehead atoms. The van der Waals surface area contributed by atoms with Gasteiger partial charge in [0.05, 0.1) is 0 Å². The second kappa shape index (κ2) is 5.63. The summed E-state index contributed by atoms with van der Waals surface area (Å²) in [5, 5.41) is 1.32.